The number of Topliss-reactive ketones (excluding diaryl/α,β-unsaturated/α-hetero) is 1. The van der Waals surface area contributed by atoms with Gasteiger partial charge in [-0.1, -0.05) is 44.5 Å². The van der Waals surface area contributed by atoms with Crippen LogP contribution in [0.1, 0.15) is 82.1 Å². The van der Waals surface area contributed by atoms with Crippen LogP contribution in [0, 0.1) is 5.92 Å². The molecule has 3 aliphatic rings. The summed E-state index contributed by atoms with van der Waals surface area (Å²) < 4.78 is 45.0. The van der Waals surface area contributed by atoms with E-state index in [0.29, 0.717) is 41.1 Å². The Bertz CT molecular complexity index is 2270. The van der Waals surface area contributed by atoms with E-state index in [-0.39, 0.29) is 73.2 Å². The number of benzene rings is 1. The van der Waals surface area contributed by atoms with Crippen molar-refractivity contribution in [1.82, 2.24) is 35.5 Å². The van der Waals surface area contributed by atoms with E-state index in [0.717, 1.165) is 4.90 Å². The molecule has 348 valence electrons. The van der Waals surface area contributed by atoms with Gasteiger partial charge in [-0.2, -0.15) is 13.1 Å². The maximum atomic E-state index is 14.5. The number of fused-ring (bicyclic) bond motifs is 3. The first-order valence-electron chi connectivity index (χ1n) is 20.8. The van der Waals surface area contributed by atoms with Crippen LogP contribution in [0.3, 0.4) is 0 Å². The van der Waals surface area contributed by atoms with Gasteiger partial charge in [0.1, 0.15) is 35.8 Å². The van der Waals surface area contributed by atoms with Crippen LogP contribution >= 0.6 is 11.3 Å². The normalized spacial score (nSPS) is 25.3. The number of aromatic nitrogens is 1. The van der Waals surface area contributed by atoms with E-state index in [9.17, 15) is 51.6 Å². The molecule has 2 fully saturated rings. The molecule has 0 aliphatic carbocycles. The first-order chi connectivity index (χ1) is 30.3. The summed E-state index contributed by atoms with van der Waals surface area (Å²) in [5.41, 5.74) is 1.85. The fourth-order valence-electron chi connectivity index (χ4n) is 7.81. The fraction of sp³-hybridized carbons (Fsp3) is 0.524. The minimum absolute atomic E-state index is 0. The van der Waals surface area contributed by atoms with E-state index < -0.39 is 107 Å². The number of carbonyl (C=O) groups is 7. The fourth-order valence-corrected chi connectivity index (χ4v) is 9.17. The van der Waals surface area contributed by atoms with Crippen LogP contribution in [-0.4, -0.2) is 133 Å². The summed E-state index contributed by atoms with van der Waals surface area (Å²) in [6, 6.07) is -1.66. The van der Waals surface area contributed by atoms with Gasteiger partial charge < -0.3 is 40.3 Å². The number of hydrogen-bond donors (Lipinski definition) is 5. The van der Waals surface area contributed by atoms with Crippen LogP contribution in [0.2, 0.25) is 0 Å². The number of hydrogen-bond acceptors (Lipinski definition) is 14. The van der Waals surface area contributed by atoms with E-state index >= 15 is 0 Å². The second kappa shape index (κ2) is 23.8. The zero-order chi connectivity index (χ0) is 46.9. The molecule has 1 aromatic heterocycles. The topological polar surface area (TPSA) is 283 Å². The summed E-state index contributed by atoms with van der Waals surface area (Å²) in [6.45, 7) is 5.58. The molecule has 5 amide bonds. The number of cyclic esters (lactones) is 1. The minimum Gasteiger partial charge on any atom is -0.872 e. The molecule has 4 heterocycles. The number of allylic oxidation sites excluding steroid dienone is 2. The number of likely N-dealkylation sites (tertiary alicyclic amines) is 1. The molecule has 5 rings (SSSR count). The number of ether oxygens (including phenoxy) is 2. The number of esters is 1. The summed E-state index contributed by atoms with van der Waals surface area (Å²) in [4.78, 5) is 104. The molecule has 1 aromatic carbocycles. The molecule has 2 bridgehead atoms. The van der Waals surface area contributed by atoms with E-state index in [2.05, 4.69) is 16.0 Å². The molecular weight excluding hydrogens is 898 g/mol. The Morgan fingerprint density at radius 1 is 1.06 bits per heavy atom. The summed E-state index contributed by atoms with van der Waals surface area (Å²) in [5, 5.41) is 22.1. The Labute approximate surface area is 403 Å². The summed E-state index contributed by atoms with van der Waals surface area (Å²) >= 11 is 1.22. The summed E-state index contributed by atoms with van der Waals surface area (Å²) in [5.74, 6) is -6.73. The average Bonchev–Trinajstić information content (AvgIpc) is 4.05. The maximum absolute atomic E-state index is 14.5. The van der Waals surface area contributed by atoms with Gasteiger partial charge in [-0.25, -0.2) is 9.78 Å². The van der Waals surface area contributed by atoms with Crippen LogP contribution in [0.25, 0.3) is 6.08 Å². The second-order valence-corrected chi connectivity index (χ2v) is 18.2. The van der Waals surface area contributed by atoms with Gasteiger partial charge in [0, 0.05) is 31.2 Å². The van der Waals surface area contributed by atoms with Gasteiger partial charge in [0.25, 0.3) is 5.91 Å². The van der Waals surface area contributed by atoms with Crippen LogP contribution in [0.15, 0.2) is 46.9 Å². The predicted molar refractivity (Wildman–Crippen MR) is 229 cm³/mol. The van der Waals surface area contributed by atoms with Crippen LogP contribution < -0.4 is 55.3 Å². The number of carbonyl (C=O) groups excluding carboxylic acids is 7. The number of methoxy groups -OCH3 is 1. The third-order valence-corrected chi connectivity index (χ3v) is 12.8. The monoisotopic (exact) mass is 951 g/mol. The third kappa shape index (κ3) is 14.2. The van der Waals surface area contributed by atoms with Crippen molar-refractivity contribution in [2.75, 3.05) is 33.4 Å². The molecule has 0 saturated carbocycles. The van der Waals surface area contributed by atoms with Gasteiger partial charge in [-0.15, -0.1) is 17.1 Å². The van der Waals surface area contributed by atoms with Crippen molar-refractivity contribution in [3.63, 3.8) is 0 Å². The van der Waals surface area contributed by atoms with Crippen molar-refractivity contribution in [2.45, 2.75) is 102 Å². The zero-order valence-electron chi connectivity index (χ0n) is 37.2. The molecule has 20 nitrogen and oxygen atoms in total. The molecule has 0 radical (unpaired) electrons. The number of thiazole rings is 1. The van der Waals surface area contributed by atoms with Crippen molar-refractivity contribution < 1.29 is 90.7 Å². The predicted octanol–water partition coefficient (Wildman–Crippen LogP) is -2.50. The Hall–Kier alpha value is -4.55. The van der Waals surface area contributed by atoms with E-state index in [1.165, 1.54) is 48.5 Å². The molecule has 23 heteroatoms. The molecule has 7 atom stereocenters. The van der Waals surface area contributed by atoms with Crippen molar-refractivity contribution >= 4 is 69.0 Å². The zero-order valence-corrected chi connectivity index (χ0v) is 40.8. The number of ketones is 1. The van der Waals surface area contributed by atoms with Gasteiger partial charge >= 0.3 is 45.8 Å². The van der Waals surface area contributed by atoms with Crippen LogP contribution in [0.5, 0.6) is 5.75 Å². The van der Waals surface area contributed by atoms with Crippen LogP contribution in [0.4, 0.5) is 0 Å². The number of nitrogens with zero attached hydrogens (tertiary/aromatic N) is 3. The largest absolute Gasteiger partial charge is 1.00 e. The third-order valence-electron chi connectivity index (χ3n) is 11.3. The minimum atomic E-state index is -4.86. The van der Waals surface area contributed by atoms with Gasteiger partial charge in [0.05, 0.1) is 24.4 Å². The summed E-state index contributed by atoms with van der Waals surface area (Å²) in [6.07, 6.45) is 4.70. The Balaban J connectivity index is 0.00000925. The Kier molecular flexibility index (Phi) is 19.4. The molecule has 0 unspecified atom stereocenters. The summed E-state index contributed by atoms with van der Waals surface area (Å²) in [7, 11) is -3.65. The molecule has 2 saturated heterocycles. The standard InChI is InChI=1S/C42H55N7O13S2.Na/c1-6-24(3)34-35(51)38(54)44-29(19-26-11-13-28(50)14-12-26)39-43-27(22-63-39)18-23(2)17-25(4)42(57)62-21-30(40(55)48-15-8-10-33(48)37(53)46-34)45-36(52)32-9-7-16-49(32)41(56)31(20-61-5)47-64(58,59)60;/h11-14,17-18,22,24,29-34,47,50H,6-10,15-16,19-21H2,1-5H3,(H,44,54)(H,45,52)(H,46,53)(H,58,59,60);/q;+1/p-1/b23-18+,25-17-;/t24-,29+,30+,31-,32+,33+,34+;/m1./s1. The van der Waals surface area contributed by atoms with Crippen molar-refractivity contribution in [3.8, 4) is 5.75 Å². The molecule has 0 spiro atoms. The Morgan fingerprint density at radius 3 is 2.42 bits per heavy atom. The van der Waals surface area contributed by atoms with Crippen molar-refractivity contribution in [3.05, 3.63) is 63.1 Å². The molecular formula is C42H54N7NaO13S2. The maximum Gasteiger partial charge on any atom is 1.00 e. The number of amides is 5. The Morgan fingerprint density at radius 2 is 1.75 bits per heavy atom. The SMILES string of the molecule is CC[C@@H](C)[C@@H]1NC(=O)[C@@H]2CCCN2C(=O)[C@@H](NC(=O)[C@@H]2CCCN2C(=O)[C@@H](COC)NS(=O)(=O)O)COC(=O)/C(C)=C\C(C)=C\c2csc(n2)[C@H](Cc2ccc([O-])cc2)NC(=O)C1=O.[Na+]. The smallest absolute Gasteiger partial charge is 0.872 e. The first-order valence-corrected chi connectivity index (χ1v) is 23.2. The molecule has 5 N–H and O–H groups in total. The molecule has 65 heavy (non-hydrogen) atoms. The molecule has 2 aromatic rings. The second-order valence-electron chi connectivity index (χ2n) is 16.1. The van der Waals surface area contributed by atoms with Gasteiger partial charge in [0.15, 0.2) is 0 Å². The molecule has 3 aliphatic heterocycles. The quantitative estimate of drug-likeness (QED) is 0.0675. The number of nitrogens with one attached hydrogen (secondary N) is 4. The van der Waals surface area contributed by atoms with Crippen LogP contribution in [-0.2, 0) is 59.8 Å². The van der Waals surface area contributed by atoms with Crippen molar-refractivity contribution in [2.24, 2.45) is 5.92 Å². The van der Waals surface area contributed by atoms with E-state index in [1.807, 2.05) is 0 Å². The van der Waals surface area contributed by atoms with Gasteiger partial charge in [0.2, 0.25) is 29.4 Å². The average molecular weight is 952 g/mol. The van der Waals surface area contributed by atoms with Crippen molar-refractivity contribution in [1.29, 1.82) is 0 Å². The van der Waals surface area contributed by atoms with E-state index in [1.54, 1.807) is 49.1 Å². The number of rotatable bonds is 11. The van der Waals surface area contributed by atoms with Gasteiger partial charge in [-0.3, -0.25) is 33.3 Å². The van der Waals surface area contributed by atoms with E-state index in [4.69, 9.17) is 14.5 Å². The van der Waals surface area contributed by atoms with Gasteiger partial charge in [-0.05, 0) is 75.2 Å². The first kappa shape index (κ1) is 53.1.